The largest absolute Gasteiger partial charge is 0.497 e. The number of anilines is 1. The van der Waals surface area contributed by atoms with Crippen molar-refractivity contribution in [3.63, 3.8) is 0 Å². The molecular formula is C17H17NO2. The number of fused-ring (bicyclic) bond motifs is 5. The molecule has 2 aromatic carbocycles. The van der Waals surface area contributed by atoms with Gasteiger partial charge < -0.3 is 14.8 Å². The summed E-state index contributed by atoms with van der Waals surface area (Å²) in [6.07, 6.45) is -0.0404. The van der Waals surface area contributed by atoms with E-state index < -0.39 is 0 Å². The Morgan fingerprint density at radius 1 is 1.15 bits per heavy atom. The summed E-state index contributed by atoms with van der Waals surface area (Å²) in [4.78, 5) is 0. The number of aryl methyl sites for hydroxylation is 1. The first-order valence-electron chi connectivity index (χ1n) is 6.86. The van der Waals surface area contributed by atoms with Crippen LogP contribution in [0.3, 0.4) is 0 Å². The van der Waals surface area contributed by atoms with Crippen molar-refractivity contribution in [1.82, 2.24) is 0 Å². The van der Waals surface area contributed by atoms with Crippen molar-refractivity contribution in [2.45, 2.75) is 25.5 Å². The van der Waals surface area contributed by atoms with Crippen LogP contribution in [0.1, 0.15) is 23.6 Å². The highest BCUT2D eigenvalue weighted by molar-refractivity contribution is 5.70. The standard InChI is InChI=1S/C17H17NO2/c1-10-4-6-14-12(8-10)17(2)13-9-11(19-3)5-7-15(13)20-16(17)18-14/h4-9,16,18H,1-3H3/t16-,17+/m1/s1. The zero-order chi connectivity index (χ0) is 13.9. The predicted molar refractivity (Wildman–Crippen MR) is 78.7 cm³/mol. The summed E-state index contributed by atoms with van der Waals surface area (Å²) in [5, 5.41) is 3.49. The molecule has 0 fully saturated rings. The average Bonchev–Trinajstić information content (AvgIpc) is 2.88. The second-order valence-corrected chi connectivity index (χ2v) is 5.76. The molecular weight excluding hydrogens is 250 g/mol. The van der Waals surface area contributed by atoms with E-state index in [-0.39, 0.29) is 11.6 Å². The molecule has 1 N–H and O–H groups in total. The fourth-order valence-corrected chi connectivity index (χ4v) is 3.35. The highest BCUT2D eigenvalue weighted by atomic mass is 16.5. The fourth-order valence-electron chi connectivity index (χ4n) is 3.35. The molecule has 102 valence electrons. The quantitative estimate of drug-likeness (QED) is 0.858. The van der Waals surface area contributed by atoms with Crippen molar-refractivity contribution < 1.29 is 9.47 Å². The lowest BCUT2D eigenvalue weighted by Gasteiger charge is -2.23. The summed E-state index contributed by atoms with van der Waals surface area (Å²) in [7, 11) is 1.70. The Labute approximate surface area is 118 Å². The molecule has 0 aliphatic carbocycles. The predicted octanol–water partition coefficient (Wildman–Crippen LogP) is 3.45. The second-order valence-electron chi connectivity index (χ2n) is 5.76. The number of nitrogens with one attached hydrogen (secondary N) is 1. The Hall–Kier alpha value is -2.16. The van der Waals surface area contributed by atoms with Crippen molar-refractivity contribution in [1.29, 1.82) is 0 Å². The first kappa shape index (κ1) is 11.6. The summed E-state index contributed by atoms with van der Waals surface area (Å²) in [6, 6.07) is 12.5. The van der Waals surface area contributed by atoms with E-state index in [2.05, 4.69) is 43.4 Å². The van der Waals surface area contributed by atoms with Crippen LogP contribution in [0.2, 0.25) is 0 Å². The molecule has 2 aliphatic heterocycles. The molecule has 2 atom stereocenters. The topological polar surface area (TPSA) is 30.5 Å². The monoisotopic (exact) mass is 267 g/mol. The average molecular weight is 267 g/mol. The Kier molecular flexibility index (Phi) is 2.15. The van der Waals surface area contributed by atoms with Gasteiger partial charge in [0.2, 0.25) is 0 Å². The lowest BCUT2D eigenvalue weighted by atomic mass is 9.77. The summed E-state index contributed by atoms with van der Waals surface area (Å²) in [5.41, 5.74) is 4.76. The molecule has 0 amide bonds. The van der Waals surface area contributed by atoms with Gasteiger partial charge in [-0.05, 0) is 43.7 Å². The van der Waals surface area contributed by atoms with Crippen LogP contribution in [0.5, 0.6) is 11.5 Å². The number of hydrogen-bond acceptors (Lipinski definition) is 3. The van der Waals surface area contributed by atoms with E-state index >= 15 is 0 Å². The van der Waals surface area contributed by atoms with Crippen molar-refractivity contribution in [3.8, 4) is 11.5 Å². The minimum atomic E-state index is -0.161. The van der Waals surface area contributed by atoms with Crippen LogP contribution in [0.15, 0.2) is 36.4 Å². The van der Waals surface area contributed by atoms with Gasteiger partial charge in [-0.3, -0.25) is 0 Å². The fraction of sp³-hybridized carbons (Fsp3) is 0.294. The van der Waals surface area contributed by atoms with Crippen molar-refractivity contribution in [2.24, 2.45) is 0 Å². The van der Waals surface area contributed by atoms with Crippen molar-refractivity contribution in [2.75, 3.05) is 12.4 Å². The smallest absolute Gasteiger partial charge is 0.183 e. The SMILES string of the molecule is COc1ccc2c(c1)[C@]1(C)c3cc(C)ccc3N[C@@H]1O2. The van der Waals surface area contributed by atoms with Crippen LogP contribution in [-0.2, 0) is 5.41 Å². The summed E-state index contributed by atoms with van der Waals surface area (Å²) in [6.45, 7) is 4.36. The number of rotatable bonds is 1. The molecule has 3 heteroatoms. The van der Waals surface area contributed by atoms with Gasteiger partial charge >= 0.3 is 0 Å². The van der Waals surface area contributed by atoms with Crippen LogP contribution in [0.25, 0.3) is 0 Å². The van der Waals surface area contributed by atoms with Gasteiger partial charge in [-0.25, -0.2) is 0 Å². The van der Waals surface area contributed by atoms with Gasteiger partial charge in [-0.2, -0.15) is 0 Å². The maximum Gasteiger partial charge on any atom is 0.183 e. The second kappa shape index (κ2) is 3.69. The summed E-state index contributed by atoms with van der Waals surface area (Å²) < 4.78 is 11.5. The highest BCUT2D eigenvalue weighted by Gasteiger charge is 2.52. The third kappa shape index (κ3) is 1.30. The van der Waals surface area contributed by atoms with Crippen LogP contribution in [-0.4, -0.2) is 13.3 Å². The first-order chi connectivity index (χ1) is 9.62. The van der Waals surface area contributed by atoms with Crippen LogP contribution >= 0.6 is 0 Å². The minimum absolute atomic E-state index is 0.0404. The van der Waals surface area contributed by atoms with Gasteiger partial charge in [-0.1, -0.05) is 17.7 Å². The first-order valence-corrected chi connectivity index (χ1v) is 6.86. The summed E-state index contributed by atoms with van der Waals surface area (Å²) >= 11 is 0. The van der Waals surface area contributed by atoms with Gasteiger partial charge in [0.05, 0.1) is 12.5 Å². The molecule has 3 nitrogen and oxygen atoms in total. The van der Waals surface area contributed by atoms with E-state index in [1.165, 1.54) is 16.7 Å². The van der Waals surface area contributed by atoms with E-state index in [4.69, 9.17) is 9.47 Å². The molecule has 0 radical (unpaired) electrons. The lowest BCUT2D eigenvalue weighted by Crippen LogP contribution is -2.35. The molecule has 0 saturated heterocycles. The molecule has 0 unspecified atom stereocenters. The van der Waals surface area contributed by atoms with Gasteiger partial charge in [0.25, 0.3) is 0 Å². The van der Waals surface area contributed by atoms with Crippen LogP contribution in [0, 0.1) is 6.92 Å². The van der Waals surface area contributed by atoms with Gasteiger partial charge in [0.15, 0.2) is 6.23 Å². The molecule has 4 rings (SSSR count). The number of hydrogen-bond donors (Lipinski definition) is 1. The van der Waals surface area contributed by atoms with Gasteiger partial charge in [0.1, 0.15) is 11.5 Å². The Bertz CT molecular complexity index is 710. The van der Waals surface area contributed by atoms with Crippen LogP contribution in [0.4, 0.5) is 5.69 Å². The van der Waals surface area contributed by atoms with Crippen molar-refractivity contribution in [3.05, 3.63) is 53.1 Å². The van der Waals surface area contributed by atoms with Gasteiger partial charge in [-0.15, -0.1) is 0 Å². The lowest BCUT2D eigenvalue weighted by molar-refractivity contribution is 0.217. The third-order valence-electron chi connectivity index (χ3n) is 4.54. The third-order valence-corrected chi connectivity index (χ3v) is 4.54. The maximum absolute atomic E-state index is 6.09. The van der Waals surface area contributed by atoms with Crippen LogP contribution < -0.4 is 14.8 Å². The zero-order valence-electron chi connectivity index (χ0n) is 11.9. The van der Waals surface area contributed by atoms with Crippen molar-refractivity contribution >= 4 is 5.69 Å². The van der Waals surface area contributed by atoms with Gasteiger partial charge in [0, 0.05) is 11.3 Å². The Morgan fingerprint density at radius 3 is 2.80 bits per heavy atom. The van der Waals surface area contributed by atoms with E-state index in [0.29, 0.717) is 0 Å². The Morgan fingerprint density at radius 2 is 2.00 bits per heavy atom. The zero-order valence-corrected chi connectivity index (χ0v) is 11.9. The maximum atomic E-state index is 6.09. The number of methoxy groups -OCH3 is 1. The molecule has 0 bridgehead atoms. The molecule has 2 aromatic rings. The van der Waals surface area contributed by atoms with E-state index in [1.54, 1.807) is 7.11 Å². The number of benzene rings is 2. The molecule has 20 heavy (non-hydrogen) atoms. The molecule has 2 heterocycles. The normalized spacial score (nSPS) is 25.2. The molecule has 0 spiro atoms. The minimum Gasteiger partial charge on any atom is -0.497 e. The van der Waals surface area contributed by atoms with E-state index in [9.17, 15) is 0 Å². The molecule has 0 aromatic heterocycles. The number of ether oxygens (including phenoxy) is 2. The highest BCUT2D eigenvalue weighted by Crippen LogP contribution is 2.54. The summed E-state index contributed by atoms with van der Waals surface area (Å²) in [5.74, 6) is 1.81. The molecule has 2 aliphatic rings. The van der Waals surface area contributed by atoms with E-state index in [1.807, 2.05) is 12.1 Å². The van der Waals surface area contributed by atoms with E-state index in [0.717, 1.165) is 17.2 Å². The Balaban J connectivity index is 1.96. The molecule has 0 saturated carbocycles.